The molecule has 0 saturated heterocycles. The normalized spacial score (nSPS) is 8.81. The van der Waals surface area contributed by atoms with E-state index in [2.05, 4.69) is 10.6 Å². The van der Waals surface area contributed by atoms with Crippen molar-refractivity contribution in [1.82, 2.24) is 25.3 Å². The Morgan fingerprint density at radius 3 is 0.944 bits per heavy atom. The van der Waals surface area contributed by atoms with Crippen molar-refractivity contribution in [3.05, 3.63) is 0 Å². The number of carboxylic acids is 3. The maximum atomic E-state index is 11.5. The van der Waals surface area contributed by atoms with Crippen LogP contribution in [0, 0.1) is 38.2 Å². The van der Waals surface area contributed by atoms with Gasteiger partial charge in [0.25, 0.3) is 0 Å². The number of likely N-dealkylation sites (N-methyl/N-ethyl adjacent to an activating group) is 2. The Morgan fingerprint density at radius 1 is 0.500 bits per heavy atom. The summed E-state index contributed by atoms with van der Waals surface area (Å²) in [4.78, 5) is 59.6. The third-order valence-electron chi connectivity index (χ3n) is 3.82. The molecule has 0 heterocycles. The standard InChI is InChI=1S/C16H29N5O8.Dy.6H2O/c1-17-12(22)7-20(10-15(26)27)5-3-19(9-14(24)25)4-6-21(11-16(28)29)8-13(23)18-2;;;;;;;/h3-11H2,1-2H3,(H,17,22)(H,18,23)(H,24,25)(H,26,27)(H,28,29);;6*1H2/q;+3;;;;;;/p-3. The predicted octanol–water partition coefficient (Wildman–Crippen LogP) is -12.3. The van der Waals surface area contributed by atoms with E-state index in [-0.39, 0.29) is 110 Å². The fraction of sp³-hybridized carbons (Fsp3) is 0.688. The minimum atomic E-state index is -1.40. The van der Waals surface area contributed by atoms with Crippen LogP contribution in [0.2, 0.25) is 0 Å². The summed E-state index contributed by atoms with van der Waals surface area (Å²) in [6.07, 6.45) is 0. The van der Waals surface area contributed by atoms with Gasteiger partial charge in [-0.2, -0.15) is 0 Å². The molecular formula is C16H38DyN5O14. The van der Waals surface area contributed by atoms with E-state index in [0.29, 0.717) is 0 Å². The van der Waals surface area contributed by atoms with Crippen LogP contribution < -0.4 is 26.0 Å². The number of hydrogen-bond donors (Lipinski definition) is 2. The second kappa shape index (κ2) is 31.3. The third-order valence-corrected chi connectivity index (χ3v) is 3.82. The quantitative estimate of drug-likeness (QED) is 0.153. The number of carbonyl (C=O) groups excluding carboxylic acids is 5. The molecule has 0 aliphatic heterocycles. The molecule has 0 atom stereocenters. The van der Waals surface area contributed by atoms with Crippen LogP contribution in [0.4, 0.5) is 0 Å². The molecular weight excluding hydrogens is 649 g/mol. The molecule has 221 valence electrons. The molecule has 0 aromatic heterocycles. The van der Waals surface area contributed by atoms with Gasteiger partial charge in [-0.1, -0.05) is 0 Å². The molecule has 1 radical (unpaired) electrons. The summed E-state index contributed by atoms with van der Waals surface area (Å²) in [5.74, 6) is -5.04. The number of hydrogen-bond acceptors (Lipinski definition) is 11. The van der Waals surface area contributed by atoms with Gasteiger partial charge in [-0.3, -0.25) is 24.3 Å². The topological polar surface area (TPSA) is 377 Å². The summed E-state index contributed by atoms with van der Waals surface area (Å²) >= 11 is 0. The van der Waals surface area contributed by atoms with E-state index in [1.807, 2.05) is 0 Å². The fourth-order valence-corrected chi connectivity index (χ4v) is 2.38. The zero-order valence-corrected chi connectivity index (χ0v) is 21.8. The monoisotopic (exact) mass is 688 g/mol. The van der Waals surface area contributed by atoms with Crippen LogP contribution in [-0.4, -0.2) is 150 Å². The van der Waals surface area contributed by atoms with Gasteiger partial charge in [0, 0.05) is 59.9 Å². The molecule has 19 nitrogen and oxygen atoms in total. The van der Waals surface area contributed by atoms with Crippen molar-refractivity contribution in [3.8, 4) is 0 Å². The molecule has 0 rings (SSSR count). The third kappa shape index (κ3) is 30.3. The van der Waals surface area contributed by atoms with E-state index in [4.69, 9.17) is 0 Å². The summed E-state index contributed by atoms with van der Waals surface area (Å²) in [5.41, 5.74) is 0. The Balaban J connectivity index is -0.000000187. The summed E-state index contributed by atoms with van der Waals surface area (Å²) < 4.78 is 0. The molecule has 20 heteroatoms. The van der Waals surface area contributed by atoms with E-state index in [0.717, 1.165) is 0 Å². The minimum Gasteiger partial charge on any atom is -0.549 e. The number of nitrogens with zero attached hydrogens (tertiary/aromatic N) is 3. The Hall–Kier alpha value is -1.74. The summed E-state index contributed by atoms with van der Waals surface area (Å²) in [6.45, 7) is -1.84. The summed E-state index contributed by atoms with van der Waals surface area (Å²) in [6, 6.07) is 0. The van der Waals surface area contributed by atoms with E-state index in [9.17, 15) is 39.3 Å². The Kier molecular flexibility index (Phi) is 47.8. The predicted molar refractivity (Wildman–Crippen MR) is 114 cm³/mol. The number of nitrogens with one attached hydrogen (secondary N) is 2. The molecule has 0 bridgehead atoms. The molecule has 0 fully saturated rings. The van der Waals surface area contributed by atoms with Crippen molar-refractivity contribution in [2.75, 3.05) is 73.0 Å². The number of rotatable bonds is 16. The van der Waals surface area contributed by atoms with E-state index < -0.39 is 49.4 Å². The smallest absolute Gasteiger partial charge is 0.549 e. The minimum absolute atomic E-state index is 0. The first-order valence-corrected chi connectivity index (χ1v) is 8.75. The van der Waals surface area contributed by atoms with Crippen LogP contribution in [0.25, 0.3) is 0 Å². The van der Waals surface area contributed by atoms with Crippen molar-refractivity contribution in [1.29, 1.82) is 0 Å². The maximum Gasteiger partial charge on any atom is 3.00 e. The molecule has 0 saturated carbocycles. The van der Waals surface area contributed by atoms with E-state index in [1.54, 1.807) is 0 Å². The summed E-state index contributed by atoms with van der Waals surface area (Å²) in [7, 11) is 2.78. The van der Waals surface area contributed by atoms with Crippen LogP contribution in [0.3, 0.4) is 0 Å². The molecule has 0 aliphatic carbocycles. The molecule has 36 heavy (non-hydrogen) atoms. The van der Waals surface area contributed by atoms with E-state index in [1.165, 1.54) is 28.8 Å². The zero-order valence-electron chi connectivity index (χ0n) is 19.8. The van der Waals surface area contributed by atoms with Gasteiger partial charge in [0.05, 0.1) is 31.0 Å². The SMILES string of the molecule is CNC(=O)CN(CCN(CCN(CC(=O)[O-])CC(=O)NC)CC(=O)[O-])CC(=O)[O-].O.O.O.O.O.O.[Dy+3]. The maximum absolute atomic E-state index is 11.5. The Morgan fingerprint density at radius 2 is 0.722 bits per heavy atom. The van der Waals surface area contributed by atoms with Crippen LogP contribution in [-0.2, 0) is 24.0 Å². The van der Waals surface area contributed by atoms with Gasteiger partial charge in [-0.05, 0) is 0 Å². The number of carbonyl (C=O) groups is 5. The molecule has 0 aliphatic rings. The molecule has 0 aromatic carbocycles. The van der Waals surface area contributed by atoms with Crippen LogP contribution in [0.15, 0.2) is 0 Å². The Labute approximate surface area is 237 Å². The van der Waals surface area contributed by atoms with Gasteiger partial charge in [0.2, 0.25) is 11.8 Å². The van der Waals surface area contributed by atoms with Crippen molar-refractivity contribution < 1.29 is 110 Å². The fourth-order valence-electron chi connectivity index (χ4n) is 2.38. The first kappa shape index (κ1) is 55.0. The number of amides is 2. The molecule has 0 aromatic rings. The van der Waals surface area contributed by atoms with Gasteiger partial charge < -0.3 is 73.2 Å². The largest absolute Gasteiger partial charge is 3.00 e. The van der Waals surface area contributed by atoms with Gasteiger partial charge in [-0.15, -0.1) is 0 Å². The van der Waals surface area contributed by atoms with Crippen LogP contribution >= 0.6 is 0 Å². The van der Waals surface area contributed by atoms with Gasteiger partial charge >= 0.3 is 38.2 Å². The molecule has 0 unspecified atom stereocenters. The zero-order chi connectivity index (χ0) is 22.4. The van der Waals surface area contributed by atoms with Gasteiger partial charge in [0.1, 0.15) is 0 Å². The first-order chi connectivity index (χ1) is 13.6. The van der Waals surface area contributed by atoms with Crippen molar-refractivity contribution in [2.45, 2.75) is 0 Å². The summed E-state index contributed by atoms with van der Waals surface area (Å²) in [5, 5.41) is 37.4. The average molecular weight is 687 g/mol. The van der Waals surface area contributed by atoms with Gasteiger partial charge in [0.15, 0.2) is 0 Å². The van der Waals surface area contributed by atoms with Crippen molar-refractivity contribution >= 4 is 29.7 Å². The van der Waals surface area contributed by atoms with Crippen molar-refractivity contribution in [3.63, 3.8) is 0 Å². The van der Waals surface area contributed by atoms with Crippen molar-refractivity contribution in [2.24, 2.45) is 0 Å². The molecule has 0 spiro atoms. The van der Waals surface area contributed by atoms with Crippen LogP contribution in [0.1, 0.15) is 0 Å². The average Bonchev–Trinajstić information content (AvgIpc) is 2.61. The number of aliphatic carboxylic acids is 3. The second-order valence-electron chi connectivity index (χ2n) is 6.16. The number of carboxylic acid groups (broad SMARTS) is 3. The first-order valence-electron chi connectivity index (χ1n) is 8.75. The van der Waals surface area contributed by atoms with E-state index >= 15 is 0 Å². The molecule has 14 N–H and O–H groups in total. The molecule has 2 amide bonds. The van der Waals surface area contributed by atoms with Crippen LogP contribution in [0.5, 0.6) is 0 Å². The Bertz CT molecular complexity index is 560. The van der Waals surface area contributed by atoms with Gasteiger partial charge in [-0.25, -0.2) is 0 Å². The second-order valence-corrected chi connectivity index (χ2v) is 6.16.